The van der Waals surface area contributed by atoms with Gasteiger partial charge in [-0.3, -0.25) is 9.78 Å². The topological polar surface area (TPSA) is 70.5 Å². The number of aromatic carboxylic acids is 1. The van der Waals surface area contributed by atoms with Crippen LogP contribution in [-0.4, -0.2) is 41.0 Å². The van der Waals surface area contributed by atoms with Gasteiger partial charge in [-0.1, -0.05) is 35.9 Å². The van der Waals surface area contributed by atoms with E-state index in [0.717, 1.165) is 33.5 Å². The monoisotopic (exact) mass is 388 g/mol. The second-order valence-electron chi connectivity index (χ2n) is 7.43. The molecule has 1 N–H and O–H groups in total. The molecule has 0 unspecified atom stereocenters. The van der Waals surface area contributed by atoms with Crippen LogP contribution in [0.3, 0.4) is 0 Å². The Hall–Kier alpha value is -3.47. The fraction of sp³-hybridized carbons (Fsp3) is 0.208. The predicted octanol–water partition coefficient (Wildman–Crippen LogP) is 4.36. The number of hydrogen-bond acceptors (Lipinski definition) is 3. The molecule has 3 rings (SSSR count). The van der Waals surface area contributed by atoms with Crippen LogP contribution < -0.4 is 0 Å². The van der Waals surface area contributed by atoms with E-state index in [1.807, 2.05) is 50.2 Å². The average molecular weight is 388 g/mol. The van der Waals surface area contributed by atoms with Crippen LogP contribution in [0.5, 0.6) is 0 Å². The van der Waals surface area contributed by atoms with Crippen LogP contribution in [0.4, 0.5) is 0 Å². The molecule has 5 nitrogen and oxygen atoms in total. The summed E-state index contributed by atoms with van der Waals surface area (Å²) in [7, 11) is 3.45. The summed E-state index contributed by atoms with van der Waals surface area (Å²) in [5, 5.41) is 9.48. The highest BCUT2D eigenvalue weighted by molar-refractivity contribution is 5.95. The number of hydrogen-bond donors (Lipinski definition) is 1. The molecule has 0 fully saturated rings. The lowest BCUT2D eigenvalue weighted by Gasteiger charge is -2.13. The SMILES string of the molecule is Cc1ccc(Cc2cnc(-c3cccc(C(=O)N(C)C)c3)c(C)c2)c(C(=O)O)c1. The second-order valence-corrected chi connectivity index (χ2v) is 7.43. The Labute approximate surface area is 170 Å². The Kier molecular flexibility index (Phi) is 5.78. The van der Waals surface area contributed by atoms with Crippen LogP contribution in [-0.2, 0) is 6.42 Å². The number of amides is 1. The largest absolute Gasteiger partial charge is 0.478 e. The van der Waals surface area contributed by atoms with Gasteiger partial charge in [0.15, 0.2) is 0 Å². The molecule has 1 aromatic heterocycles. The number of carboxylic acid groups (broad SMARTS) is 1. The summed E-state index contributed by atoms with van der Waals surface area (Å²) in [6.45, 7) is 3.85. The highest BCUT2D eigenvalue weighted by atomic mass is 16.4. The summed E-state index contributed by atoms with van der Waals surface area (Å²) in [5.74, 6) is -0.978. The third kappa shape index (κ3) is 4.51. The first-order valence-electron chi connectivity index (χ1n) is 9.36. The van der Waals surface area contributed by atoms with Crippen molar-refractivity contribution in [2.45, 2.75) is 20.3 Å². The van der Waals surface area contributed by atoms with E-state index >= 15 is 0 Å². The lowest BCUT2D eigenvalue weighted by Crippen LogP contribution is -2.21. The van der Waals surface area contributed by atoms with Crippen LogP contribution in [0.2, 0.25) is 0 Å². The van der Waals surface area contributed by atoms with Crippen LogP contribution in [0, 0.1) is 13.8 Å². The van der Waals surface area contributed by atoms with E-state index in [9.17, 15) is 14.7 Å². The van der Waals surface area contributed by atoms with E-state index in [4.69, 9.17) is 0 Å². The molecule has 5 heteroatoms. The molecule has 0 aliphatic heterocycles. The molecule has 148 valence electrons. The fourth-order valence-electron chi connectivity index (χ4n) is 3.35. The number of carbonyl (C=O) groups excluding carboxylic acids is 1. The van der Waals surface area contributed by atoms with Crippen molar-refractivity contribution in [2.24, 2.45) is 0 Å². The molecule has 3 aromatic rings. The van der Waals surface area contributed by atoms with Crippen LogP contribution in [0.15, 0.2) is 54.7 Å². The van der Waals surface area contributed by atoms with Gasteiger partial charge in [0.05, 0.1) is 11.3 Å². The Morgan fingerprint density at radius 3 is 2.45 bits per heavy atom. The molecule has 0 atom stereocenters. The minimum absolute atomic E-state index is 0.0540. The summed E-state index contributed by atoms with van der Waals surface area (Å²) in [5.41, 5.74) is 6.22. The van der Waals surface area contributed by atoms with Gasteiger partial charge in [0.25, 0.3) is 5.91 Å². The smallest absolute Gasteiger partial charge is 0.335 e. The van der Waals surface area contributed by atoms with E-state index < -0.39 is 5.97 Å². The molecule has 0 saturated heterocycles. The van der Waals surface area contributed by atoms with Gasteiger partial charge in [-0.05, 0) is 55.2 Å². The van der Waals surface area contributed by atoms with Crippen molar-refractivity contribution in [2.75, 3.05) is 14.1 Å². The van der Waals surface area contributed by atoms with Crippen molar-refractivity contribution in [1.82, 2.24) is 9.88 Å². The summed E-state index contributed by atoms with van der Waals surface area (Å²) >= 11 is 0. The summed E-state index contributed by atoms with van der Waals surface area (Å²) in [4.78, 5) is 30.0. The zero-order chi connectivity index (χ0) is 21.1. The number of aryl methyl sites for hydroxylation is 2. The molecule has 0 aliphatic rings. The first-order valence-corrected chi connectivity index (χ1v) is 9.36. The fourth-order valence-corrected chi connectivity index (χ4v) is 3.35. The predicted molar refractivity (Wildman–Crippen MR) is 113 cm³/mol. The molecule has 0 radical (unpaired) electrons. The first-order chi connectivity index (χ1) is 13.8. The van der Waals surface area contributed by atoms with Crippen LogP contribution in [0.1, 0.15) is 43.0 Å². The Bertz CT molecular complexity index is 1090. The normalized spacial score (nSPS) is 10.6. The van der Waals surface area contributed by atoms with E-state index in [2.05, 4.69) is 4.98 Å². The number of carbonyl (C=O) groups is 2. The third-order valence-electron chi connectivity index (χ3n) is 4.81. The minimum Gasteiger partial charge on any atom is -0.478 e. The zero-order valence-corrected chi connectivity index (χ0v) is 17.1. The Balaban J connectivity index is 1.92. The van der Waals surface area contributed by atoms with E-state index in [-0.39, 0.29) is 5.91 Å². The number of carboxylic acids is 1. The average Bonchev–Trinajstić information content (AvgIpc) is 2.68. The molecule has 0 aliphatic carbocycles. The standard InChI is InChI=1S/C24H24N2O3/c1-15-8-9-18(21(10-15)24(28)29)12-17-11-16(2)22(25-14-17)19-6-5-7-20(13-19)23(27)26(3)4/h5-11,13-14H,12H2,1-4H3,(H,28,29). The molecule has 0 spiro atoms. The highest BCUT2D eigenvalue weighted by Gasteiger charge is 2.13. The lowest BCUT2D eigenvalue weighted by molar-refractivity contribution is 0.0695. The number of nitrogens with zero attached hydrogens (tertiary/aromatic N) is 2. The third-order valence-corrected chi connectivity index (χ3v) is 4.81. The van der Waals surface area contributed by atoms with Gasteiger partial charge < -0.3 is 10.0 Å². The zero-order valence-electron chi connectivity index (χ0n) is 17.1. The van der Waals surface area contributed by atoms with Gasteiger partial charge in [-0.2, -0.15) is 0 Å². The van der Waals surface area contributed by atoms with Crippen molar-refractivity contribution >= 4 is 11.9 Å². The number of benzene rings is 2. The van der Waals surface area contributed by atoms with Gasteiger partial charge in [-0.15, -0.1) is 0 Å². The van der Waals surface area contributed by atoms with Crippen molar-refractivity contribution in [3.05, 3.63) is 88.1 Å². The number of pyridine rings is 1. The number of aromatic nitrogens is 1. The van der Waals surface area contributed by atoms with Gasteiger partial charge in [-0.25, -0.2) is 4.79 Å². The summed E-state index contributed by atoms with van der Waals surface area (Å²) in [6.07, 6.45) is 2.27. The summed E-state index contributed by atoms with van der Waals surface area (Å²) in [6, 6.07) is 14.9. The molecule has 29 heavy (non-hydrogen) atoms. The molecule has 1 amide bonds. The maximum atomic E-state index is 12.2. The van der Waals surface area contributed by atoms with E-state index in [1.54, 1.807) is 37.3 Å². The minimum atomic E-state index is -0.924. The molecule has 0 bridgehead atoms. The van der Waals surface area contributed by atoms with Gasteiger partial charge >= 0.3 is 5.97 Å². The highest BCUT2D eigenvalue weighted by Crippen LogP contribution is 2.24. The second kappa shape index (κ2) is 8.27. The Morgan fingerprint density at radius 1 is 1.03 bits per heavy atom. The quantitative estimate of drug-likeness (QED) is 0.705. The maximum absolute atomic E-state index is 12.2. The lowest BCUT2D eigenvalue weighted by atomic mass is 9.97. The van der Waals surface area contributed by atoms with E-state index in [1.165, 1.54) is 0 Å². The van der Waals surface area contributed by atoms with Crippen LogP contribution >= 0.6 is 0 Å². The molecule has 1 heterocycles. The molecule has 2 aromatic carbocycles. The van der Waals surface area contributed by atoms with Gasteiger partial charge in [0, 0.05) is 31.4 Å². The maximum Gasteiger partial charge on any atom is 0.335 e. The van der Waals surface area contributed by atoms with Crippen molar-refractivity contribution < 1.29 is 14.7 Å². The summed E-state index contributed by atoms with van der Waals surface area (Å²) < 4.78 is 0. The van der Waals surface area contributed by atoms with E-state index in [0.29, 0.717) is 17.5 Å². The first kappa shape index (κ1) is 20.3. The molecule has 0 saturated carbocycles. The number of rotatable bonds is 5. The Morgan fingerprint density at radius 2 is 1.79 bits per heavy atom. The molecular weight excluding hydrogens is 364 g/mol. The van der Waals surface area contributed by atoms with Crippen molar-refractivity contribution in [3.63, 3.8) is 0 Å². The van der Waals surface area contributed by atoms with Gasteiger partial charge in [0.1, 0.15) is 0 Å². The van der Waals surface area contributed by atoms with Crippen molar-refractivity contribution in [3.8, 4) is 11.3 Å². The van der Waals surface area contributed by atoms with Crippen molar-refractivity contribution in [1.29, 1.82) is 0 Å². The van der Waals surface area contributed by atoms with Crippen LogP contribution in [0.25, 0.3) is 11.3 Å². The molecular formula is C24H24N2O3. The van der Waals surface area contributed by atoms with Gasteiger partial charge in [0.2, 0.25) is 0 Å².